The number of nitrogens with one attached hydrogen (secondary N) is 1. The van der Waals surface area contributed by atoms with Crippen LogP contribution in [0.3, 0.4) is 0 Å². The summed E-state index contributed by atoms with van der Waals surface area (Å²) in [6, 6.07) is 5.04. The standard InChI is InChI=1S/C15H20N2O3/c1-15(2,3)16-7-13(18)17-8-11-5-4-10(14(19)20)6-12(11)9-17/h4-6,16H,7-9H2,1-3H3,(H,19,20). The second kappa shape index (κ2) is 5.25. The molecule has 1 heterocycles. The van der Waals surface area contributed by atoms with E-state index in [1.165, 1.54) is 0 Å². The van der Waals surface area contributed by atoms with Crippen molar-refractivity contribution in [3.05, 3.63) is 34.9 Å². The lowest BCUT2D eigenvalue weighted by atomic mass is 10.1. The fourth-order valence-corrected chi connectivity index (χ4v) is 2.16. The lowest BCUT2D eigenvalue weighted by Gasteiger charge is -2.22. The number of nitrogens with zero attached hydrogens (tertiary/aromatic N) is 1. The Morgan fingerprint density at radius 3 is 2.50 bits per heavy atom. The molecule has 0 aliphatic carbocycles. The molecule has 5 heteroatoms. The number of fused-ring (bicyclic) bond motifs is 1. The van der Waals surface area contributed by atoms with Crippen molar-refractivity contribution >= 4 is 11.9 Å². The molecule has 108 valence electrons. The van der Waals surface area contributed by atoms with Gasteiger partial charge in [-0.1, -0.05) is 6.07 Å². The van der Waals surface area contributed by atoms with Gasteiger partial charge in [0.05, 0.1) is 12.1 Å². The van der Waals surface area contributed by atoms with E-state index in [2.05, 4.69) is 5.32 Å². The lowest BCUT2D eigenvalue weighted by molar-refractivity contribution is -0.131. The third-order valence-electron chi connectivity index (χ3n) is 3.30. The van der Waals surface area contributed by atoms with Gasteiger partial charge in [-0.3, -0.25) is 4.79 Å². The van der Waals surface area contributed by atoms with E-state index in [9.17, 15) is 9.59 Å². The second-order valence-electron chi connectivity index (χ2n) is 6.14. The average molecular weight is 276 g/mol. The zero-order valence-electron chi connectivity index (χ0n) is 12.1. The van der Waals surface area contributed by atoms with Crippen molar-refractivity contribution in [2.75, 3.05) is 6.54 Å². The van der Waals surface area contributed by atoms with Gasteiger partial charge in [-0.15, -0.1) is 0 Å². The number of carboxylic acids is 1. The Bertz CT molecular complexity index is 547. The summed E-state index contributed by atoms with van der Waals surface area (Å²) in [7, 11) is 0. The Morgan fingerprint density at radius 1 is 1.25 bits per heavy atom. The molecule has 0 unspecified atom stereocenters. The smallest absolute Gasteiger partial charge is 0.335 e. The maximum absolute atomic E-state index is 12.1. The quantitative estimate of drug-likeness (QED) is 0.880. The number of amides is 1. The number of rotatable bonds is 3. The van der Waals surface area contributed by atoms with Crippen molar-refractivity contribution in [3.63, 3.8) is 0 Å². The highest BCUT2D eigenvalue weighted by molar-refractivity contribution is 5.88. The van der Waals surface area contributed by atoms with Crippen LogP contribution in [0, 0.1) is 0 Å². The van der Waals surface area contributed by atoms with Crippen LogP contribution in [0.2, 0.25) is 0 Å². The molecule has 1 aromatic rings. The van der Waals surface area contributed by atoms with Gasteiger partial charge >= 0.3 is 5.97 Å². The Labute approximate surface area is 118 Å². The normalized spacial score (nSPS) is 14.2. The first kappa shape index (κ1) is 14.5. The number of carbonyl (C=O) groups is 2. The molecular weight excluding hydrogens is 256 g/mol. The SMILES string of the molecule is CC(C)(C)NCC(=O)N1Cc2ccc(C(=O)O)cc2C1. The average Bonchev–Trinajstić information content (AvgIpc) is 2.77. The van der Waals surface area contributed by atoms with Crippen LogP contribution in [-0.4, -0.2) is 34.0 Å². The van der Waals surface area contributed by atoms with Crippen molar-refractivity contribution in [1.82, 2.24) is 10.2 Å². The number of benzene rings is 1. The van der Waals surface area contributed by atoms with Crippen LogP contribution in [0.15, 0.2) is 18.2 Å². The zero-order valence-corrected chi connectivity index (χ0v) is 12.1. The molecule has 0 aromatic heterocycles. The summed E-state index contributed by atoms with van der Waals surface area (Å²) in [6.07, 6.45) is 0. The summed E-state index contributed by atoms with van der Waals surface area (Å²) in [6.45, 7) is 7.37. The van der Waals surface area contributed by atoms with Gasteiger partial charge in [0, 0.05) is 18.6 Å². The molecule has 0 atom stereocenters. The highest BCUT2D eigenvalue weighted by Gasteiger charge is 2.24. The molecule has 0 bridgehead atoms. The first-order chi connectivity index (χ1) is 9.26. The third-order valence-corrected chi connectivity index (χ3v) is 3.30. The molecule has 0 radical (unpaired) electrons. The van der Waals surface area contributed by atoms with Crippen molar-refractivity contribution in [2.45, 2.75) is 39.4 Å². The first-order valence-electron chi connectivity index (χ1n) is 6.64. The van der Waals surface area contributed by atoms with E-state index in [4.69, 9.17) is 5.11 Å². The molecule has 2 rings (SSSR count). The minimum absolute atomic E-state index is 0.0352. The van der Waals surface area contributed by atoms with Crippen molar-refractivity contribution in [3.8, 4) is 0 Å². The predicted molar refractivity (Wildman–Crippen MR) is 75.4 cm³/mol. The summed E-state index contributed by atoms with van der Waals surface area (Å²) in [5.41, 5.74) is 2.12. The van der Waals surface area contributed by atoms with Crippen LogP contribution in [-0.2, 0) is 17.9 Å². The summed E-state index contributed by atoms with van der Waals surface area (Å²) in [4.78, 5) is 24.8. The minimum atomic E-state index is -0.938. The van der Waals surface area contributed by atoms with E-state index < -0.39 is 5.97 Å². The van der Waals surface area contributed by atoms with Crippen molar-refractivity contribution < 1.29 is 14.7 Å². The number of aromatic carboxylic acids is 1. The Hall–Kier alpha value is -1.88. The second-order valence-corrected chi connectivity index (χ2v) is 6.14. The summed E-state index contributed by atoms with van der Waals surface area (Å²) in [5.74, 6) is -0.903. The third kappa shape index (κ3) is 3.36. The van der Waals surface area contributed by atoms with E-state index >= 15 is 0 Å². The molecule has 0 saturated heterocycles. The van der Waals surface area contributed by atoms with Crippen LogP contribution in [0.5, 0.6) is 0 Å². The van der Waals surface area contributed by atoms with Crippen LogP contribution >= 0.6 is 0 Å². The van der Waals surface area contributed by atoms with E-state index in [0.717, 1.165) is 11.1 Å². The van der Waals surface area contributed by atoms with Gasteiger partial charge < -0.3 is 15.3 Å². The molecule has 1 amide bonds. The number of hydrogen-bond donors (Lipinski definition) is 2. The molecule has 20 heavy (non-hydrogen) atoms. The predicted octanol–water partition coefficient (Wildman–Crippen LogP) is 1.62. The van der Waals surface area contributed by atoms with Crippen molar-refractivity contribution in [2.24, 2.45) is 0 Å². The summed E-state index contributed by atoms with van der Waals surface area (Å²) >= 11 is 0. The largest absolute Gasteiger partial charge is 0.478 e. The van der Waals surface area contributed by atoms with Gasteiger partial charge in [0.25, 0.3) is 0 Å². The van der Waals surface area contributed by atoms with Gasteiger partial charge in [0.1, 0.15) is 0 Å². The summed E-state index contributed by atoms with van der Waals surface area (Å²) < 4.78 is 0. The van der Waals surface area contributed by atoms with Crippen LogP contribution in [0.4, 0.5) is 0 Å². The van der Waals surface area contributed by atoms with E-state index in [1.807, 2.05) is 20.8 Å². The zero-order chi connectivity index (χ0) is 14.9. The fourth-order valence-electron chi connectivity index (χ4n) is 2.16. The molecule has 2 N–H and O–H groups in total. The highest BCUT2D eigenvalue weighted by Crippen LogP contribution is 2.24. The molecule has 5 nitrogen and oxygen atoms in total. The molecule has 0 fully saturated rings. The number of carboxylic acid groups (broad SMARTS) is 1. The topological polar surface area (TPSA) is 69.6 Å². The molecule has 0 spiro atoms. The highest BCUT2D eigenvalue weighted by atomic mass is 16.4. The van der Waals surface area contributed by atoms with Gasteiger partial charge in [0.15, 0.2) is 0 Å². The van der Waals surface area contributed by atoms with Crippen LogP contribution < -0.4 is 5.32 Å². The van der Waals surface area contributed by atoms with E-state index in [-0.39, 0.29) is 17.0 Å². The number of carbonyl (C=O) groups excluding carboxylic acids is 1. The Balaban J connectivity index is 2.02. The van der Waals surface area contributed by atoms with Crippen molar-refractivity contribution in [1.29, 1.82) is 0 Å². The van der Waals surface area contributed by atoms with Crippen LogP contribution in [0.25, 0.3) is 0 Å². The minimum Gasteiger partial charge on any atom is -0.478 e. The van der Waals surface area contributed by atoms with E-state index in [1.54, 1.807) is 23.1 Å². The maximum atomic E-state index is 12.1. The van der Waals surface area contributed by atoms with Gasteiger partial charge in [-0.2, -0.15) is 0 Å². The molecule has 1 aliphatic rings. The van der Waals surface area contributed by atoms with Gasteiger partial charge in [-0.25, -0.2) is 4.79 Å². The van der Waals surface area contributed by atoms with Gasteiger partial charge in [-0.05, 0) is 44.0 Å². The molecule has 1 aromatic carbocycles. The monoisotopic (exact) mass is 276 g/mol. The maximum Gasteiger partial charge on any atom is 0.335 e. The molecular formula is C15H20N2O3. The van der Waals surface area contributed by atoms with E-state index in [0.29, 0.717) is 19.6 Å². The number of hydrogen-bond acceptors (Lipinski definition) is 3. The lowest BCUT2D eigenvalue weighted by Crippen LogP contribution is -2.43. The van der Waals surface area contributed by atoms with Crippen LogP contribution in [0.1, 0.15) is 42.3 Å². The molecule has 1 aliphatic heterocycles. The van der Waals surface area contributed by atoms with Gasteiger partial charge in [0.2, 0.25) is 5.91 Å². The first-order valence-corrected chi connectivity index (χ1v) is 6.64. The fraction of sp³-hybridized carbons (Fsp3) is 0.467. The molecule has 0 saturated carbocycles. The Kier molecular flexibility index (Phi) is 3.81. The summed E-state index contributed by atoms with van der Waals surface area (Å²) in [5, 5.41) is 12.1. The Morgan fingerprint density at radius 2 is 1.90 bits per heavy atom.